The van der Waals surface area contributed by atoms with Gasteiger partial charge in [-0.3, -0.25) is 4.79 Å². The summed E-state index contributed by atoms with van der Waals surface area (Å²) in [7, 11) is 3.02. The molecule has 0 aliphatic rings. The maximum absolute atomic E-state index is 12.4. The van der Waals surface area contributed by atoms with Crippen LogP contribution in [0.4, 0.5) is 0 Å². The number of carbonyl (C=O) groups is 1. The maximum atomic E-state index is 12.4. The highest BCUT2D eigenvalue weighted by Crippen LogP contribution is 2.31. The number of amides is 1. The first-order valence-electron chi connectivity index (χ1n) is 6.71. The zero-order valence-electron chi connectivity index (χ0n) is 12.5. The minimum absolute atomic E-state index is 0.0992. The van der Waals surface area contributed by atoms with Crippen molar-refractivity contribution >= 4 is 5.91 Å². The second-order valence-corrected chi connectivity index (χ2v) is 4.64. The van der Waals surface area contributed by atoms with Gasteiger partial charge >= 0.3 is 0 Å². The van der Waals surface area contributed by atoms with Gasteiger partial charge < -0.3 is 19.9 Å². The van der Waals surface area contributed by atoms with Gasteiger partial charge in [0, 0.05) is 0 Å². The SMILES string of the molecule is CCC(CC)(CO)NC(=O)c1cccc(OC)c1OC. The second kappa shape index (κ2) is 7.14. The number of rotatable bonds is 7. The summed E-state index contributed by atoms with van der Waals surface area (Å²) < 4.78 is 10.4. The minimum Gasteiger partial charge on any atom is -0.493 e. The first kappa shape index (κ1) is 16.3. The third kappa shape index (κ3) is 3.22. The summed E-state index contributed by atoms with van der Waals surface area (Å²) in [6.07, 6.45) is 1.30. The van der Waals surface area contributed by atoms with Crippen LogP contribution in [0.3, 0.4) is 0 Å². The fraction of sp³-hybridized carbons (Fsp3) is 0.533. The number of para-hydroxylation sites is 1. The summed E-state index contributed by atoms with van der Waals surface area (Å²) in [5, 5.41) is 12.4. The van der Waals surface area contributed by atoms with E-state index < -0.39 is 5.54 Å². The monoisotopic (exact) mass is 281 g/mol. The third-order valence-corrected chi connectivity index (χ3v) is 3.68. The van der Waals surface area contributed by atoms with Gasteiger partial charge in [0.25, 0.3) is 5.91 Å². The molecule has 1 rings (SSSR count). The zero-order chi connectivity index (χ0) is 15.2. The summed E-state index contributed by atoms with van der Waals surface area (Å²) in [5.74, 6) is 0.618. The van der Waals surface area contributed by atoms with Crippen LogP contribution in [0.2, 0.25) is 0 Å². The van der Waals surface area contributed by atoms with Crippen LogP contribution in [0.25, 0.3) is 0 Å². The van der Waals surface area contributed by atoms with Crippen molar-refractivity contribution in [3.05, 3.63) is 23.8 Å². The van der Waals surface area contributed by atoms with Gasteiger partial charge in [0.15, 0.2) is 11.5 Å². The predicted octanol–water partition coefficient (Wildman–Crippen LogP) is 1.98. The molecule has 20 heavy (non-hydrogen) atoms. The van der Waals surface area contributed by atoms with E-state index in [1.165, 1.54) is 14.2 Å². The van der Waals surface area contributed by atoms with E-state index in [1.807, 2.05) is 13.8 Å². The predicted molar refractivity (Wildman–Crippen MR) is 77.4 cm³/mol. The van der Waals surface area contributed by atoms with Crippen molar-refractivity contribution in [2.45, 2.75) is 32.2 Å². The van der Waals surface area contributed by atoms with Gasteiger partial charge in [-0.25, -0.2) is 0 Å². The lowest BCUT2D eigenvalue weighted by Crippen LogP contribution is -2.50. The van der Waals surface area contributed by atoms with Gasteiger partial charge in [-0.05, 0) is 25.0 Å². The minimum atomic E-state index is -0.606. The van der Waals surface area contributed by atoms with Crippen LogP contribution in [0.1, 0.15) is 37.0 Å². The summed E-state index contributed by atoms with van der Waals surface area (Å²) in [6, 6.07) is 5.13. The van der Waals surface area contributed by atoms with Crippen LogP contribution in [0.5, 0.6) is 11.5 Å². The van der Waals surface area contributed by atoms with Crippen LogP contribution < -0.4 is 14.8 Å². The molecular formula is C15H23NO4. The summed E-state index contributed by atoms with van der Waals surface area (Å²) >= 11 is 0. The van der Waals surface area contributed by atoms with Gasteiger partial charge in [0.05, 0.1) is 31.9 Å². The first-order chi connectivity index (χ1) is 9.57. The molecule has 0 aromatic heterocycles. The quantitative estimate of drug-likeness (QED) is 0.802. The average Bonchev–Trinajstić information content (AvgIpc) is 2.51. The van der Waals surface area contributed by atoms with Gasteiger partial charge in [-0.15, -0.1) is 0 Å². The van der Waals surface area contributed by atoms with Crippen LogP contribution in [0, 0.1) is 0 Å². The number of hydrogen-bond acceptors (Lipinski definition) is 4. The van der Waals surface area contributed by atoms with Crippen molar-refractivity contribution in [3.8, 4) is 11.5 Å². The van der Waals surface area contributed by atoms with E-state index >= 15 is 0 Å². The van der Waals surface area contributed by atoms with E-state index in [4.69, 9.17) is 9.47 Å². The molecule has 0 saturated heterocycles. The van der Waals surface area contributed by atoms with E-state index in [1.54, 1.807) is 18.2 Å². The Morgan fingerprint density at radius 1 is 1.25 bits per heavy atom. The van der Waals surface area contributed by atoms with Gasteiger partial charge in [0.1, 0.15) is 0 Å². The van der Waals surface area contributed by atoms with E-state index in [2.05, 4.69) is 5.32 Å². The molecule has 5 heteroatoms. The number of benzene rings is 1. The molecule has 0 heterocycles. The Bertz CT molecular complexity index is 447. The Hall–Kier alpha value is -1.75. The summed E-state index contributed by atoms with van der Waals surface area (Å²) in [4.78, 5) is 12.4. The smallest absolute Gasteiger partial charge is 0.255 e. The van der Waals surface area contributed by atoms with E-state index in [0.29, 0.717) is 29.9 Å². The molecule has 112 valence electrons. The van der Waals surface area contributed by atoms with E-state index in [-0.39, 0.29) is 12.5 Å². The molecule has 0 saturated carbocycles. The first-order valence-corrected chi connectivity index (χ1v) is 6.71. The van der Waals surface area contributed by atoms with Crippen molar-refractivity contribution < 1.29 is 19.4 Å². The largest absolute Gasteiger partial charge is 0.493 e. The van der Waals surface area contributed by atoms with Crippen molar-refractivity contribution in [3.63, 3.8) is 0 Å². The van der Waals surface area contributed by atoms with Crippen LogP contribution in [-0.2, 0) is 0 Å². The Balaban J connectivity index is 3.09. The molecule has 5 nitrogen and oxygen atoms in total. The molecule has 1 amide bonds. The molecule has 0 atom stereocenters. The molecular weight excluding hydrogens is 258 g/mol. The number of nitrogens with one attached hydrogen (secondary N) is 1. The molecule has 0 unspecified atom stereocenters. The molecule has 0 fully saturated rings. The average molecular weight is 281 g/mol. The fourth-order valence-electron chi connectivity index (χ4n) is 2.06. The molecule has 1 aromatic carbocycles. The normalized spacial score (nSPS) is 11.1. The van der Waals surface area contributed by atoms with Crippen LogP contribution >= 0.6 is 0 Å². The highest BCUT2D eigenvalue weighted by Gasteiger charge is 2.29. The third-order valence-electron chi connectivity index (χ3n) is 3.68. The number of methoxy groups -OCH3 is 2. The van der Waals surface area contributed by atoms with Gasteiger partial charge in [-0.1, -0.05) is 19.9 Å². The number of hydrogen-bond donors (Lipinski definition) is 2. The lowest BCUT2D eigenvalue weighted by molar-refractivity contribution is 0.0814. The lowest BCUT2D eigenvalue weighted by Gasteiger charge is -2.31. The van der Waals surface area contributed by atoms with Gasteiger partial charge in [-0.2, -0.15) is 0 Å². The zero-order valence-corrected chi connectivity index (χ0v) is 12.5. The lowest BCUT2D eigenvalue weighted by atomic mass is 9.93. The van der Waals surface area contributed by atoms with Gasteiger partial charge in [0.2, 0.25) is 0 Å². The molecule has 0 aliphatic carbocycles. The molecule has 1 aromatic rings. The van der Waals surface area contributed by atoms with Crippen molar-refractivity contribution in [1.82, 2.24) is 5.32 Å². The molecule has 0 aliphatic heterocycles. The summed E-state index contributed by atoms with van der Waals surface area (Å²) in [5.41, 5.74) is -0.211. The van der Waals surface area contributed by atoms with Crippen LogP contribution in [-0.4, -0.2) is 37.4 Å². The van der Waals surface area contributed by atoms with Crippen molar-refractivity contribution in [2.75, 3.05) is 20.8 Å². The topological polar surface area (TPSA) is 67.8 Å². The van der Waals surface area contributed by atoms with Crippen LogP contribution in [0.15, 0.2) is 18.2 Å². The number of aliphatic hydroxyl groups excluding tert-OH is 1. The fourth-order valence-corrected chi connectivity index (χ4v) is 2.06. The Morgan fingerprint density at radius 2 is 1.90 bits per heavy atom. The highest BCUT2D eigenvalue weighted by molar-refractivity contribution is 5.98. The van der Waals surface area contributed by atoms with E-state index in [0.717, 1.165) is 0 Å². The molecule has 0 spiro atoms. The number of carbonyl (C=O) groups excluding carboxylic acids is 1. The molecule has 0 radical (unpaired) electrons. The van der Waals surface area contributed by atoms with Crippen molar-refractivity contribution in [1.29, 1.82) is 0 Å². The Kier molecular flexibility index (Phi) is 5.82. The van der Waals surface area contributed by atoms with E-state index in [9.17, 15) is 9.90 Å². The second-order valence-electron chi connectivity index (χ2n) is 4.64. The standard InChI is InChI=1S/C15H23NO4/c1-5-15(6-2,10-17)16-14(18)11-8-7-9-12(19-3)13(11)20-4/h7-9,17H,5-6,10H2,1-4H3,(H,16,18). The Morgan fingerprint density at radius 3 is 2.35 bits per heavy atom. The Labute approximate surface area is 119 Å². The number of ether oxygens (including phenoxy) is 2. The molecule has 2 N–H and O–H groups in total. The maximum Gasteiger partial charge on any atom is 0.255 e. The molecule has 0 bridgehead atoms. The highest BCUT2D eigenvalue weighted by atomic mass is 16.5. The number of aliphatic hydroxyl groups is 1. The summed E-state index contributed by atoms with van der Waals surface area (Å²) in [6.45, 7) is 3.77. The van der Waals surface area contributed by atoms with Crippen molar-refractivity contribution in [2.24, 2.45) is 0 Å².